The summed E-state index contributed by atoms with van der Waals surface area (Å²) in [6, 6.07) is 0. The highest BCUT2D eigenvalue weighted by Gasteiger charge is 2.72. The van der Waals surface area contributed by atoms with E-state index in [1.54, 1.807) is 0 Å². The monoisotopic (exact) mass is 484 g/mol. The first kappa shape index (κ1) is 22.3. The van der Waals surface area contributed by atoms with E-state index in [-0.39, 0.29) is 22.6 Å². The zero-order valence-corrected chi connectivity index (χ0v) is 12.1. The molecule has 0 heterocycles. The Morgan fingerprint density at radius 3 is 1.30 bits per heavy atom. The van der Waals surface area contributed by atoms with Crippen LogP contribution in [0.2, 0.25) is 0 Å². The van der Waals surface area contributed by atoms with Crippen molar-refractivity contribution in [3.05, 3.63) is 21.3 Å². The fourth-order valence-corrected chi connectivity index (χ4v) is 1.23. The first-order chi connectivity index (χ1) is 9.73. The molecule has 0 aromatic rings. The van der Waals surface area contributed by atoms with Crippen LogP contribution >= 0.6 is 22.6 Å². The molecule has 0 bridgehead atoms. The van der Waals surface area contributed by atoms with Gasteiger partial charge >= 0.3 is 30.4 Å². The average molecular weight is 484 g/mol. The smallest absolute Gasteiger partial charge is 0.195 e. The van der Waals surface area contributed by atoms with Gasteiger partial charge < -0.3 is 0 Å². The van der Waals surface area contributed by atoms with E-state index in [0.29, 0.717) is 0 Å². The molecule has 0 fully saturated rings. The van der Waals surface area contributed by atoms with Gasteiger partial charge in [-0.25, -0.2) is 0 Å². The Morgan fingerprint density at radius 1 is 0.652 bits per heavy atom. The molecule has 0 radical (unpaired) electrons. The van der Waals surface area contributed by atoms with Gasteiger partial charge in [0.2, 0.25) is 0 Å². The average Bonchev–Trinajstić information content (AvgIpc) is 2.23. The van der Waals surface area contributed by atoms with Crippen molar-refractivity contribution in [2.75, 3.05) is 0 Å². The molecule has 0 unspecified atom stereocenters. The summed E-state index contributed by atoms with van der Waals surface area (Å²) < 4.78 is 157. The number of alkyl halides is 13. The van der Waals surface area contributed by atoms with Crippen molar-refractivity contribution in [2.45, 2.75) is 30.4 Å². The lowest BCUT2D eigenvalue weighted by Crippen LogP contribution is -2.51. The van der Waals surface area contributed by atoms with E-state index < -0.39 is 51.7 Å². The molecule has 0 aromatic heterocycles. The lowest BCUT2D eigenvalue weighted by atomic mass is 10.1. The topological polar surface area (TPSA) is 0 Å². The van der Waals surface area contributed by atoms with Crippen molar-refractivity contribution in [1.82, 2.24) is 0 Å². The van der Waals surface area contributed by atoms with E-state index >= 15 is 0 Å². The Hall–Kier alpha value is -0.700. The maximum atomic E-state index is 12.9. The third-order valence-corrected chi connectivity index (χ3v) is 2.91. The molecule has 0 aromatic carbocycles. The van der Waals surface area contributed by atoms with Crippen molar-refractivity contribution in [3.63, 3.8) is 0 Å². The summed E-state index contributed by atoms with van der Waals surface area (Å²) in [6.45, 7) is 0. The fraction of sp³-hybridized carbons (Fsp3) is 0.556. The first-order valence-corrected chi connectivity index (χ1v) is 5.88. The van der Waals surface area contributed by atoms with Gasteiger partial charge in [0, 0.05) is 6.08 Å². The van der Waals surface area contributed by atoms with Crippen molar-refractivity contribution >= 4 is 22.6 Å². The van der Waals surface area contributed by atoms with E-state index in [0.717, 1.165) is 0 Å². The van der Waals surface area contributed by atoms with Crippen LogP contribution in [0.4, 0.5) is 57.1 Å². The van der Waals surface area contributed by atoms with Crippen LogP contribution < -0.4 is 0 Å². The highest BCUT2D eigenvalue weighted by Crippen LogP contribution is 2.48. The third kappa shape index (κ3) is 5.41. The molecule has 0 spiro atoms. The zero-order valence-electron chi connectivity index (χ0n) is 9.95. The summed E-state index contributed by atoms with van der Waals surface area (Å²) in [6.07, 6.45) is -21.3. The molecular formula is C9H2F13I. The molecule has 23 heavy (non-hydrogen) atoms. The predicted octanol–water partition coefficient (Wildman–Crippen LogP) is 6.19. The molecule has 0 amide bonds. The summed E-state index contributed by atoms with van der Waals surface area (Å²) in [5, 5.41) is 0. The van der Waals surface area contributed by atoms with Gasteiger partial charge in [0.05, 0.1) is 9.15 Å². The zero-order chi connectivity index (χ0) is 19.1. The molecule has 136 valence electrons. The van der Waals surface area contributed by atoms with Gasteiger partial charge in [-0.3, -0.25) is 0 Å². The van der Waals surface area contributed by atoms with Crippen LogP contribution in [0.1, 0.15) is 0 Å². The van der Waals surface area contributed by atoms with Crippen LogP contribution in [0.25, 0.3) is 0 Å². The van der Waals surface area contributed by atoms with Gasteiger partial charge in [-0.2, -0.15) is 57.1 Å². The minimum Gasteiger partial charge on any atom is -0.195 e. The molecule has 0 aliphatic rings. The van der Waals surface area contributed by atoms with Crippen molar-refractivity contribution in [2.24, 2.45) is 0 Å². The number of halogens is 14. The van der Waals surface area contributed by atoms with Gasteiger partial charge in [-0.1, -0.05) is 0 Å². The largest absolute Gasteiger partial charge is 0.460 e. The number of rotatable bonds is 3. The van der Waals surface area contributed by atoms with Crippen LogP contribution in [0.15, 0.2) is 21.3 Å². The van der Waals surface area contributed by atoms with Crippen LogP contribution in [0.5, 0.6) is 0 Å². The first-order valence-electron chi connectivity index (χ1n) is 4.80. The fourth-order valence-electron chi connectivity index (χ4n) is 0.899. The van der Waals surface area contributed by atoms with Crippen molar-refractivity contribution in [3.8, 4) is 0 Å². The quantitative estimate of drug-likeness (QED) is 0.255. The maximum Gasteiger partial charge on any atom is 0.460 e. The van der Waals surface area contributed by atoms with E-state index in [4.69, 9.17) is 0 Å². The Bertz CT molecular complexity index is 487. The van der Waals surface area contributed by atoms with Crippen LogP contribution in [0, 0.1) is 0 Å². The number of allylic oxidation sites excluding steroid dienone is 4. The highest BCUT2D eigenvalue weighted by atomic mass is 127. The van der Waals surface area contributed by atoms with Crippen molar-refractivity contribution < 1.29 is 57.1 Å². The van der Waals surface area contributed by atoms with Crippen LogP contribution in [-0.4, -0.2) is 30.4 Å². The number of hydrogen-bond acceptors (Lipinski definition) is 0. The van der Waals surface area contributed by atoms with Crippen molar-refractivity contribution in [1.29, 1.82) is 0 Å². The third-order valence-electron chi connectivity index (χ3n) is 1.99. The number of hydrogen-bond donors (Lipinski definition) is 0. The molecule has 0 aliphatic carbocycles. The van der Waals surface area contributed by atoms with Gasteiger partial charge in [-0.15, -0.1) is 0 Å². The van der Waals surface area contributed by atoms with E-state index in [2.05, 4.69) is 0 Å². The standard InChI is InChI=1S/C9H2F13I/c10-5(11,8(18,19)9(20,21)22)2-3(6(12,13)14)1-4(23)7(15,16)17/h1-2H/b3-2+,4-1-. The van der Waals surface area contributed by atoms with E-state index in [1.807, 2.05) is 0 Å². The Kier molecular flexibility index (Phi) is 6.12. The summed E-state index contributed by atoms with van der Waals surface area (Å²) in [4.78, 5) is 0. The highest BCUT2D eigenvalue weighted by molar-refractivity contribution is 14.1. The second-order valence-corrected chi connectivity index (χ2v) is 4.94. The summed E-state index contributed by atoms with van der Waals surface area (Å²) >= 11 is 0.233. The molecule has 0 saturated heterocycles. The molecule has 0 N–H and O–H groups in total. The second kappa shape index (κ2) is 6.31. The lowest BCUT2D eigenvalue weighted by Gasteiger charge is -2.26. The summed E-state index contributed by atoms with van der Waals surface area (Å²) in [7, 11) is 0. The Labute approximate surface area is 132 Å². The second-order valence-electron chi connectivity index (χ2n) is 3.78. The van der Waals surface area contributed by atoms with Crippen LogP contribution in [-0.2, 0) is 0 Å². The Morgan fingerprint density at radius 2 is 1.04 bits per heavy atom. The minimum atomic E-state index is -6.93. The lowest BCUT2D eigenvalue weighted by molar-refractivity contribution is -0.342. The van der Waals surface area contributed by atoms with Crippen LogP contribution in [0.3, 0.4) is 0 Å². The SMILES string of the molecule is FC(F)(F)/C(I)=C/C(=C\C(F)(F)C(F)(F)C(F)(F)F)C(F)(F)F. The van der Waals surface area contributed by atoms with Gasteiger partial charge in [0.15, 0.2) is 0 Å². The minimum absolute atomic E-state index is 0.233. The predicted molar refractivity (Wildman–Crippen MR) is 58.2 cm³/mol. The molecule has 14 heteroatoms. The summed E-state index contributed by atoms with van der Waals surface area (Å²) in [5.41, 5.74) is -3.01. The summed E-state index contributed by atoms with van der Waals surface area (Å²) in [5.74, 6) is -13.4. The normalized spacial score (nSPS) is 16.8. The van der Waals surface area contributed by atoms with Gasteiger partial charge in [0.1, 0.15) is 0 Å². The molecule has 0 rings (SSSR count). The molecule has 0 nitrogen and oxygen atoms in total. The van der Waals surface area contributed by atoms with Gasteiger partial charge in [-0.05, 0) is 28.7 Å². The molecular weight excluding hydrogens is 482 g/mol. The van der Waals surface area contributed by atoms with E-state index in [9.17, 15) is 57.1 Å². The maximum absolute atomic E-state index is 12.9. The van der Waals surface area contributed by atoms with Gasteiger partial charge in [0.25, 0.3) is 0 Å². The molecule has 0 saturated carbocycles. The molecule has 0 atom stereocenters. The van der Waals surface area contributed by atoms with E-state index in [1.165, 1.54) is 0 Å². The Balaban J connectivity index is 6.20. The molecule has 0 aliphatic heterocycles.